The lowest BCUT2D eigenvalue weighted by Gasteiger charge is -2.26. The molecule has 384 valence electrons. The molecule has 71 heavy (non-hydrogen) atoms. The number of alkyl halides is 1. The Bertz CT molecular complexity index is 2490. The molecule has 1 amide bonds. The number of rotatable bonds is 18. The van der Waals surface area contributed by atoms with E-state index in [1.54, 1.807) is 11.0 Å². The number of aromatic nitrogens is 1. The highest BCUT2D eigenvalue weighted by Gasteiger charge is 2.21. The molecule has 0 spiro atoms. The second-order valence-corrected chi connectivity index (χ2v) is 19.8. The van der Waals surface area contributed by atoms with Gasteiger partial charge in [-0.3, -0.25) is 14.4 Å². The number of benzene rings is 4. The molecule has 4 aromatic carbocycles. The van der Waals surface area contributed by atoms with E-state index < -0.39 is 11.6 Å². The average Bonchev–Trinajstić information content (AvgIpc) is 3.68. The summed E-state index contributed by atoms with van der Waals surface area (Å²) in [4.78, 5) is 55.4. The first kappa shape index (κ1) is 61.5. The second kappa shape index (κ2) is 33.1. The number of nitrogens with one attached hydrogen (secondary N) is 3. The molecule has 5 rings (SSSR count). The van der Waals surface area contributed by atoms with E-state index in [2.05, 4.69) is 58.0 Å². The maximum absolute atomic E-state index is 12.7. The summed E-state index contributed by atoms with van der Waals surface area (Å²) in [5.74, 6) is 0.919. The molecule has 1 heterocycles. The zero-order chi connectivity index (χ0) is 52.9. The average molecular weight is 1110 g/mol. The predicted octanol–water partition coefficient (Wildman–Crippen LogP) is 10.6. The number of anilines is 4. The maximum Gasteiger partial charge on any atom is 0.410 e. The van der Waals surface area contributed by atoms with Gasteiger partial charge in [-0.05, 0) is 121 Å². The fourth-order valence-corrected chi connectivity index (χ4v) is 7.82. The second-order valence-electron chi connectivity index (χ2n) is 15.9. The van der Waals surface area contributed by atoms with Crippen LogP contribution in [0.4, 0.5) is 27.1 Å². The van der Waals surface area contributed by atoms with Crippen molar-refractivity contribution in [3.05, 3.63) is 124 Å². The molecule has 1 aromatic heterocycles. The first-order chi connectivity index (χ1) is 33.7. The SMILES string of the molecule is CC(=O)O.CCN(CCOc1ccc(NC(=S)N=C(N)SCP)cc1)C(=O)OC(C)(C)C.CCNCCOc1ccc(Nc2nc(N)c(C(=O)c3cccc(C)c3)s2)cc1.Cc1cccc(C(=O)CBr)c1. The molecule has 1 unspecified atom stereocenters. The number of aryl methyl sites for hydroxylation is 2. The van der Waals surface area contributed by atoms with Crippen LogP contribution in [0.3, 0.4) is 0 Å². The summed E-state index contributed by atoms with van der Waals surface area (Å²) >= 11 is 10.9. The van der Waals surface area contributed by atoms with E-state index in [0.29, 0.717) is 63.2 Å². The van der Waals surface area contributed by atoms with Gasteiger partial charge in [0.2, 0.25) is 5.78 Å². The quantitative estimate of drug-likeness (QED) is 0.00911. The van der Waals surface area contributed by atoms with Gasteiger partial charge in [-0.25, -0.2) is 9.78 Å². The van der Waals surface area contributed by atoms with E-state index in [1.165, 1.54) is 23.1 Å². The highest BCUT2D eigenvalue weighted by Crippen LogP contribution is 2.30. The number of thiazole rings is 1. The van der Waals surface area contributed by atoms with E-state index in [1.807, 2.05) is 133 Å². The first-order valence-electron chi connectivity index (χ1n) is 22.3. The summed E-state index contributed by atoms with van der Waals surface area (Å²) in [5.41, 5.74) is 17.1. The number of hydrogen-bond donors (Lipinski definition) is 6. The van der Waals surface area contributed by atoms with Crippen molar-refractivity contribution in [1.29, 1.82) is 0 Å². The van der Waals surface area contributed by atoms with Gasteiger partial charge in [-0.2, -0.15) is 4.99 Å². The predicted molar refractivity (Wildman–Crippen MR) is 303 cm³/mol. The minimum absolute atomic E-state index is 0.115. The van der Waals surface area contributed by atoms with E-state index >= 15 is 0 Å². The fraction of sp³-hybridized carbons (Fsp3) is 0.340. The normalized spacial score (nSPS) is 10.6. The molecule has 0 fully saturated rings. The number of thiocarbonyl (C=S) groups is 1. The number of likely N-dealkylation sites (N-methyl/N-ethyl adjacent to an activating group) is 2. The first-order valence-corrected chi connectivity index (χ1v) is 26.5. The number of halogens is 1. The van der Waals surface area contributed by atoms with Gasteiger partial charge in [-0.15, -0.1) is 9.24 Å². The number of thioether (sulfide) groups is 1. The number of aliphatic imine (C=N–C) groups is 1. The van der Waals surface area contributed by atoms with Crippen LogP contribution in [-0.4, -0.2) is 105 Å². The number of Topliss-reactive ketones (excluding diaryl/α,β-unsaturated/α-hetero) is 1. The van der Waals surface area contributed by atoms with Crippen molar-refractivity contribution in [2.45, 2.75) is 61.0 Å². The number of carboxylic acid groups (broad SMARTS) is 1. The van der Waals surface area contributed by atoms with Crippen molar-refractivity contribution < 1.29 is 38.5 Å². The molecule has 21 heteroatoms. The standard InChI is InChI=1S/C21H24N4O2S.C18H29N4O3PS2.C9H9BrO.C2H4O2/c1-3-23-11-12-27-17-9-7-16(8-10-17)24-21-25-20(22)19(28-21)18(26)15-6-4-5-14(2)13-15;1-5-22(17(23)25-18(2,3)4)10-11-24-14-8-6-13(7-9-14)20-16(27)21-15(19)28-12-26;1-7-3-2-4-8(5-7)9(11)6-10;1-2(3)4/h4-10,13,23H,3,11-12,22H2,1-2H3,(H,24,25);6-9H,5,10-12,26H2,1-4H3,(H3,19,20,21,27);2-5H,6H2,1H3;1H3,(H,3,4). The van der Waals surface area contributed by atoms with Crippen molar-refractivity contribution in [1.82, 2.24) is 15.2 Å². The summed E-state index contributed by atoms with van der Waals surface area (Å²) in [5, 5.41) is 18.5. The summed E-state index contributed by atoms with van der Waals surface area (Å²) in [6, 6.07) is 29.9. The van der Waals surface area contributed by atoms with Crippen LogP contribution in [0.5, 0.6) is 11.5 Å². The van der Waals surface area contributed by atoms with E-state index in [4.69, 9.17) is 47.8 Å². The van der Waals surface area contributed by atoms with Gasteiger partial charge in [0, 0.05) is 48.0 Å². The maximum atomic E-state index is 12.7. The fourth-order valence-electron chi connectivity index (χ4n) is 5.52. The highest BCUT2D eigenvalue weighted by atomic mass is 79.9. The number of nitrogens with zero attached hydrogens (tertiary/aromatic N) is 3. The Hall–Kier alpha value is -5.63. The molecular weight excluding hydrogens is 1050 g/mol. The largest absolute Gasteiger partial charge is 0.492 e. The van der Waals surface area contributed by atoms with Crippen LogP contribution in [0.15, 0.2) is 102 Å². The molecule has 8 N–H and O–H groups in total. The smallest absolute Gasteiger partial charge is 0.410 e. The van der Waals surface area contributed by atoms with E-state index in [0.717, 1.165) is 59.3 Å². The van der Waals surface area contributed by atoms with Gasteiger partial charge in [0.05, 0.1) is 11.9 Å². The number of carboxylic acids is 1. The number of carbonyl (C=O) groups excluding carboxylic acids is 3. The van der Waals surface area contributed by atoms with E-state index in [9.17, 15) is 14.4 Å². The van der Waals surface area contributed by atoms with Gasteiger partial charge < -0.3 is 51.6 Å². The van der Waals surface area contributed by atoms with Crippen LogP contribution in [0.25, 0.3) is 0 Å². The zero-order valence-corrected chi connectivity index (χ0v) is 46.6. The summed E-state index contributed by atoms with van der Waals surface area (Å²) in [7, 11) is 2.56. The van der Waals surface area contributed by atoms with Crippen LogP contribution >= 0.6 is 60.5 Å². The minimum Gasteiger partial charge on any atom is -0.492 e. The zero-order valence-electron chi connectivity index (χ0n) is 41.4. The number of nitrogen functional groups attached to an aromatic ring is 1. The third-order valence-electron chi connectivity index (χ3n) is 8.72. The third kappa shape index (κ3) is 25.9. The van der Waals surface area contributed by atoms with Gasteiger partial charge in [0.1, 0.15) is 41.0 Å². The molecule has 0 aliphatic carbocycles. The Morgan fingerprint density at radius 2 is 1.45 bits per heavy atom. The van der Waals surface area contributed by atoms with Crippen LogP contribution in [-0.2, 0) is 9.53 Å². The van der Waals surface area contributed by atoms with Crippen LogP contribution in [0, 0.1) is 13.8 Å². The number of ether oxygens (including phenoxy) is 3. The molecule has 0 aliphatic rings. The number of amidine groups is 1. The van der Waals surface area contributed by atoms with Crippen LogP contribution < -0.4 is 36.9 Å². The Kier molecular flexibility index (Phi) is 28.7. The number of amides is 1. The lowest BCUT2D eigenvalue weighted by atomic mass is 10.1. The van der Waals surface area contributed by atoms with Crippen molar-refractivity contribution in [2.75, 3.05) is 66.6 Å². The summed E-state index contributed by atoms with van der Waals surface area (Å²) < 4.78 is 16.7. The number of carbonyl (C=O) groups is 4. The third-order valence-corrected chi connectivity index (χ3v) is 11.5. The van der Waals surface area contributed by atoms with Gasteiger partial charge in [0.15, 0.2) is 21.2 Å². The van der Waals surface area contributed by atoms with E-state index in [-0.39, 0.29) is 23.5 Å². The Morgan fingerprint density at radius 1 is 0.901 bits per heavy atom. The highest BCUT2D eigenvalue weighted by molar-refractivity contribution is 9.09. The number of aliphatic carboxylic acids is 1. The number of nitrogens with two attached hydrogens (primary N) is 2. The van der Waals surface area contributed by atoms with Gasteiger partial charge in [0.25, 0.3) is 5.97 Å². The van der Waals surface area contributed by atoms with Crippen molar-refractivity contribution in [2.24, 2.45) is 10.7 Å². The number of ketones is 2. The van der Waals surface area contributed by atoms with Crippen molar-refractivity contribution in [3.8, 4) is 11.5 Å². The Labute approximate surface area is 441 Å². The topological polar surface area (TPSA) is 233 Å². The van der Waals surface area contributed by atoms with Crippen molar-refractivity contribution >= 4 is 117 Å². The summed E-state index contributed by atoms with van der Waals surface area (Å²) in [6.07, 6.45) is -0.341. The minimum atomic E-state index is -0.833. The van der Waals surface area contributed by atoms with Crippen LogP contribution in [0.2, 0.25) is 0 Å². The number of hydrogen-bond acceptors (Lipinski definition) is 14. The lowest BCUT2D eigenvalue weighted by molar-refractivity contribution is -0.134. The molecular formula is C50H66BrN8O8PS3. The molecule has 0 saturated carbocycles. The van der Waals surface area contributed by atoms with Gasteiger partial charge in [-0.1, -0.05) is 93.5 Å². The molecule has 0 saturated heterocycles. The molecule has 0 bridgehead atoms. The summed E-state index contributed by atoms with van der Waals surface area (Å²) in [6.45, 7) is 18.2. The van der Waals surface area contributed by atoms with Crippen LogP contribution in [0.1, 0.15) is 78.3 Å². The molecule has 5 aromatic rings. The lowest BCUT2D eigenvalue weighted by Crippen LogP contribution is -2.38. The molecule has 0 aliphatic heterocycles. The van der Waals surface area contributed by atoms with Crippen molar-refractivity contribution in [3.63, 3.8) is 0 Å². The molecule has 0 radical (unpaired) electrons. The molecule has 16 nitrogen and oxygen atoms in total. The Balaban J connectivity index is 0.000000378. The molecule has 1 atom stereocenters. The Morgan fingerprint density at radius 3 is 1.97 bits per heavy atom. The monoisotopic (exact) mass is 1110 g/mol. The van der Waals surface area contributed by atoms with Gasteiger partial charge >= 0.3 is 6.09 Å².